The van der Waals surface area contributed by atoms with Gasteiger partial charge in [0.05, 0.1) is 12.1 Å². The van der Waals surface area contributed by atoms with E-state index in [1.807, 2.05) is 4.68 Å². The predicted molar refractivity (Wildman–Crippen MR) is 65.7 cm³/mol. The quantitative estimate of drug-likeness (QED) is 0.794. The van der Waals surface area contributed by atoms with Crippen LogP contribution in [0.3, 0.4) is 0 Å². The number of aromatic nitrogens is 4. The maximum Gasteiger partial charge on any atom is 0.165 e. The highest BCUT2D eigenvalue weighted by Gasteiger charge is 2.51. The van der Waals surface area contributed by atoms with Gasteiger partial charge in [-0.1, -0.05) is 13.3 Å². The summed E-state index contributed by atoms with van der Waals surface area (Å²) in [4.78, 5) is 2.23. The SMILES string of the molecule is CCCCn1nnnc1CN1CC(O)(C2CC2)C1. The lowest BCUT2D eigenvalue weighted by Crippen LogP contribution is -2.62. The summed E-state index contributed by atoms with van der Waals surface area (Å²) >= 11 is 0. The molecule has 3 rings (SSSR count). The summed E-state index contributed by atoms with van der Waals surface area (Å²) in [6.07, 6.45) is 4.63. The van der Waals surface area contributed by atoms with Crippen LogP contribution in [-0.4, -0.2) is 48.9 Å². The molecule has 1 N–H and O–H groups in total. The monoisotopic (exact) mass is 251 g/mol. The van der Waals surface area contributed by atoms with Gasteiger partial charge in [0.15, 0.2) is 5.82 Å². The Labute approximate surface area is 107 Å². The molecular formula is C12H21N5O. The molecule has 0 radical (unpaired) electrons. The standard InChI is InChI=1S/C12H21N5O/c1-2-3-6-17-11(13-14-15-17)7-16-8-12(18,9-16)10-4-5-10/h10,18H,2-9H2,1H3. The molecule has 1 saturated heterocycles. The van der Waals surface area contributed by atoms with Gasteiger partial charge in [0.2, 0.25) is 0 Å². The molecule has 1 aliphatic carbocycles. The van der Waals surface area contributed by atoms with E-state index in [0.717, 1.165) is 44.8 Å². The molecule has 0 spiro atoms. The summed E-state index contributed by atoms with van der Waals surface area (Å²) in [7, 11) is 0. The smallest absolute Gasteiger partial charge is 0.165 e. The molecule has 18 heavy (non-hydrogen) atoms. The van der Waals surface area contributed by atoms with Gasteiger partial charge in [0, 0.05) is 19.6 Å². The molecule has 2 aliphatic rings. The lowest BCUT2D eigenvalue weighted by Gasteiger charge is -2.46. The van der Waals surface area contributed by atoms with Crippen LogP contribution in [0.4, 0.5) is 0 Å². The third-order valence-corrected chi connectivity index (χ3v) is 4.03. The summed E-state index contributed by atoms with van der Waals surface area (Å²) in [5, 5.41) is 22.1. The van der Waals surface area contributed by atoms with Crippen molar-refractivity contribution in [1.82, 2.24) is 25.1 Å². The number of aryl methyl sites for hydroxylation is 1. The lowest BCUT2D eigenvalue weighted by molar-refractivity contribution is -0.117. The van der Waals surface area contributed by atoms with E-state index < -0.39 is 5.60 Å². The van der Waals surface area contributed by atoms with Crippen LogP contribution in [0.15, 0.2) is 0 Å². The van der Waals surface area contributed by atoms with Gasteiger partial charge in [-0.05, 0) is 35.6 Å². The third kappa shape index (κ3) is 2.27. The van der Waals surface area contributed by atoms with Crippen molar-refractivity contribution in [3.8, 4) is 0 Å². The van der Waals surface area contributed by atoms with Crippen molar-refractivity contribution in [1.29, 1.82) is 0 Å². The molecule has 0 bridgehead atoms. The van der Waals surface area contributed by atoms with Gasteiger partial charge in [-0.2, -0.15) is 0 Å². The van der Waals surface area contributed by atoms with Gasteiger partial charge < -0.3 is 5.11 Å². The van der Waals surface area contributed by atoms with Crippen molar-refractivity contribution in [3.05, 3.63) is 5.82 Å². The second-order valence-electron chi connectivity index (χ2n) is 5.69. The Morgan fingerprint density at radius 3 is 2.83 bits per heavy atom. The van der Waals surface area contributed by atoms with Crippen molar-refractivity contribution in [2.24, 2.45) is 5.92 Å². The average Bonchev–Trinajstić information content (AvgIpc) is 3.08. The lowest BCUT2D eigenvalue weighted by atomic mass is 9.89. The Bertz CT molecular complexity index is 408. The van der Waals surface area contributed by atoms with E-state index >= 15 is 0 Å². The highest BCUT2D eigenvalue weighted by atomic mass is 16.3. The van der Waals surface area contributed by atoms with E-state index in [1.54, 1.807) is 0 Å². The number of unbranched alkanes of at least 4 members (excludes halogenated alkanes) is 1. The first-order valence-electron chi connectivity index (χ1n) is 6.91. The van der Waals surface area contributed by atoms with Crippen LogP contribution in [-0.2, 0) is 13.1 Å². The molecule has 2 heterocycles. The largest absolute Gasteiger partial charge is 0.387 e. The number of β-amino-alcohol motifs (C(OH)–C–C–N with tert-alkyl or cyclic N) is 1. The zero-order valence-electron chi connectivity index (χ0n) is 10.9. The number of hydrogen-bond acceptors (Lipinski definition) is 5. The predicted octanol–water partition coefficient (Wildman–Crippen LogP) is 0.430. The van der Waals surface area contributed by atoms with Crippen LogP contribution in [0.5, 0.6) is 0 Å². The Balaban J connectivity index is 1.53. The second kappa shape index (κ2) is 4.59. The highest BCUT2D eigenvalue weighted by Crippen LogP contribution is 2.44. The van der Waals surface area contributed by atoms with Crippen LogP contribution >= 0.6 is 0 Å². The Morgan fingerprint density at radius 2 is 2.17 bits per heavy atom. The number of aliphatic hydroxyl groups is 1. The Hall–Kier alpha value is -1.01. The minimum absolute atomic E-state index is 0.415. The normalized spacial score (nSPS) is 23.0. The average molecular weight is 251 g/mol. The summed E-state index contributed by atoms with van der Waals surface area (Å²) in [5.74, 6) is 1.46. The molecule has 1 aliphatic heterocycles. The van der Waals surface area contributed by atoms with E-state index in [2.05, 4.69) is 27.3 Å². The van der Waals surface area contributed by atoms with Crippen LogP contribution < -0.4 is 0 Å². The van der Waals surface area contributed by atoms with Crippen molar-refractivity contribution in [3.63, 3.8) is 0 Å². The summed E-state index contributed by atoms with van der Waals surface area (Å²) in [6, 6.07) is 0. The van der Waals surface area contributed by atoms with E-state index in [-0.39, 0.29) is 0 Å². The molecule has 2 fully saturated rings. The number of hydrogen-bond donors (Lipinski definition) is 1. The molecular weight excluding hydrogens is 230 g/mol. The van der Waals surface area contributed by atoms with Crippen LogP contribution in [0.1, 0.15) is 38.4 Å². The topological polar surface area (TPSA) is 67.1 Å². The zero-order valence-corrected chi connectivity index (χ0v) is 10.9. The van der Waals surface area contributed by atoms with Crippen LogP contribution in [0, 0.1) is 5.92 Å². The maximum atomic E-state index is 10.3. The molecule has 0 aromatic carbocycles. The Kier molecular flexibility index (Phi) is 3.07. The summed E-state index contributed by atoms with van der Waals surface area (Å²) in [5.41, 5.74) is -0.415. The fourth-order valence-corrected chi connectivity index (χ4v) is 2.74. The molecule has 1 saturated carbocycles. The van der Waals surface area contributed by atoms with Gasteiger partial charge in [-0.15, -0.1) is 5.10 Å². The molecule has 0 unspecified atom stereocenters. The molecule has 0 amide bonds. The molecule has 6 heteroatoms. The molecule has 100 valence electrons. The van der Waals surface area contributed by atoms with Gasteiger partial charge in [-0.3, -0.25) is 4.90 Å². The number of rotatable bonds is 6. The van der Waals surface area contributed by atoms with Crippen LogP contribution in [0.25, 0.3) is 0 Å². The maximum absolute atomic E-state index is 10.3. The van der Waals surface area contributed by atoms with Crippen LogP contribution in [0.2, 0.25) is 0 Å². The Morgan fingerprint density at radius 1 is 1.39 bits per heavy atom. The molecule has 6 nitrogen and oxygen atoms in total. The van der Waals surface area contributed by atoms with Crippen molar-refractivity contribution in [2.75, 3.05) is 13.1 Å². The van der Waals surface area contributed by atoms with E-state index in [0.29, 0.717) is 5.92 Å². The van der Waals surface area contributed by atoms with Gasteiger partial charge in [-0.25, -0.2) is 4.68 Å². The first kappa shape index (κ1) is 12.0. The van der Waals surface area contributed by atoms with Gasteiger partial charge in [0.25, 0.3) is 0 Å². The summed E-state index contributed by atoms with van der Waals surface area (Å²) < 4.78 is 1.89. The highest BCUT2D eigenvalue weighted by molar-refractivity contribution is 5.06. The third-order valence-electron chi connectivity index (χ3n) is 4.03. The number of nitrogens with zero attached hydrogens (tertiary/aromatic N) is 5. The summed E-state index contributed by atoms with van der Waals surface area (Å²) in [6.45, 7) is 5.36. The van der Waals surface area contributed by atoms with Gasteiger partial charge >= 0.3 is 0 Å². The fraction of sp³-hybridized carbons (Fsp3) is 0.917. The molecule has 1 aromatic heterocycles. The van der Waals surface area contributed by atoms with E-state index in [4.69, 9.17) is 0 Å². The first-order chi connectivity index (χ1) is 8.71. The van der Waals surface area contributed by atoms with Crippen molar-refractivity contribution < 1.29 is 5.11 Å². The van der Waals surface area contributed by atoms with E-state index in [9.17, 15) is 5.11 Å². The first-order valence-corrected chi connectivity index (χ1v) is 6.91. The fourth-order valence-electron chi connectivity index (χ4n) is 2.74. The minimum Gasteiger partial charge on any atom is -0.387 e. The number of tetrazole rings is 1. The number of likely N-dealkylation sites (tertiary alicyclic amines) is 1. The van der Waals surface area contributed by atoms with E-state index in [1.165, 1.54) is 12.8 Å². The minimum atomic E-state index is -0.415. The molecule has 0 atom stereocenters. The second-order valence-corrected chi connectivity index (χ2v) is 5.69. The molecule has 1 aromatic rings. The van der Waals surface area contributed by atoms with Crippen molar-refractivity contribution >= 4 is 0 Å². The zero-order chi connectivity index (χ0) is 12.6. The van der Waals surface area contributed by atoms with Gasteiger partial charge in [0.1, 0.15) is 0 Å². The van der Waals surface area contributed by atoms with Crippen molar-refractivity contribution in [2.45, 2.75) is 51.3 Å².